The van der Waals surface area contributed by atoms with E-state index in [9.17, 15) is 27.8 Å². The van der Waals surface area contributed by atoms with Crippen LogP contribution in [0.4, 0.5) is 19.4 Å². The van der Waals surface area contributed by atoms with Gasteiger partial charge in [0.05, 0.1) is 11.5 Å². The molecule has 0 radical (unpaired) electrons. The van der Waals surface area contributed by atoms with Gasteiger partial charge in [0.1, 0.15) is 10.6 Å². The van der Waals surface area contributed by atoms with Crippen molar-refractivity contribution in [2.45, 2.75) is 23.1 Å². The van der Waals surface area contributed by atoms with Gasteiger partial charge in [0.2, 0.25) is 0 Å². The van der Waals surface area contributed by atoms with E-state index in [-0.39, 0.29) is 28.7 Å². The lowest BCUT2D eigenvalue weighted by Crippen LogP contribution is -2.25. The van der Waals surface area contributed by atoms with Gasteiger partial charge in [-0.2, -0.15) is 0 Å². The summed E-state index contributed by atoms with van der Waals surface area (Å²) in [5.41, 5.74) is 0.217. The highest BCUT2D eigenvalue weighted by Gasteiger charge is 2.65. The van der Waals surface area contributed by atoms with Crippen LogP contribution in [0.1, 0.15) is 12.5 Å². The highest BCUT2D eigenvalue weighted by molar-refractivity contribution is 8.45. The number of rotatable bonds is 8. The predicted molar refractivity (Wildman–Crippen MR) is 116 cm³/mol. The van der Waals surface area contributed by atoms with Gasteiger partial charge >= 0.3 is 10.2 Å². The van der Waals surface area contributed by atoms with Crippen LogP contribution >= 0.6 is 10.2 Å². The number of sulfone groups is 1. The predicted octanol–water partition coefficient (Wildman–Crippen LogP) is 5.94. The molecule has 32 heavy (non-hydrogen) atoms. The smallest absolute Gasteiger partial charge is 0.310 e. The van der Waals surface area contributed by atoms with E-state index in [1.54, 1.807) is 12.1 Å². The molecule has 11 heteroatoms. The third-order valence-corrected chi connectivity index (χ3v) is 7.89. The van der Waals surface area contributed by atoms with E-state index >= 15 is 0 Å². The largest absolute Gasteiger partial charge is 0.493 e. The van der Waals surface area contributed by atoms with Crippen molar-refractivity contribution >= 4 is 20.1 Å². The molecule has 0 amide bonds. The highest BCUT2D eigenvalue weighted by Crippen LogP contribution is 3.02. The molecule has 0 bridgehead atoms. The standard InChI is InChI=1S/C21H26F5NO3S2/c1-16-13-27(11-10-17-4-3-5-21(12-17)32(22,23,24,25)26)14-18(16)15-30-19-6-8-20(9-7-19)31(2,28)29/h3-9,12,16,18H,10-11,13-15H2,1-2H3/t16-,18+/m1/s1. The molecule has 2 aromatic carbocycles. The molecular weight excluding hydrogens is 473 g/mol. The van der Waals surface area contributed by atoms with Gasteiger partial charge < -0.3 is 9.64 Å². The number of ether oxygens (including phenoxy) is 1. The summed E-state index contributed by atoms with van der Waals surface area (Å²) < 4.78 is 93.9. The normalized spacial score (nSPS) is 22.3. The van der Waals surface area contributed by atoms with Crippen molar-refractivity contribution in [1.29, 1.82) is 0 Å². The molecule has 0 spiro atoms. The number of nitrogens with zero attached hydrogens (tertiary/aromatic N) is 1. The minimum absolute atomic E-state index is 0.181. The van der Waals surface area contributed by atoms with Gasteiger partial charge in [-0.15, -0.1) is 0 Å². The Kier molecular flexibility index (Phi) is 6.10. The number of halogens is 5. The van der Waals surface area contributed by atoms with Gasteiger partial charge in [-0.25, -0.2) is 8.42 Å². The lowest BCUT2D eigenvalue weighted by atomic mass is 9.99. The SMILES string of the molecule is C[C@@H]1CN(CCc2cccc(S(F)(F)(F)(F)F)c2)C[C@H]1COc1ccc(S(C)(=O)=O)cc1. The van der Waals surface area contributed by atoms with Gasteiger partial charge in [0.25, 0.3) is 0 Å². The van der Waals surface area contributed by atoms with E-state index in [2.05, 4.69) is 11.8 Å². The first-order valence-corrected chi connectivity index (χ1v) is 13.8. The third kappa shape index (κ3) is 6.58. The molecule has 2 aromatic rings. The minimum Gasteiger partial charge on any atom is -0.493 e. The molecule has 0 aliphatic carbocycles. The maximum Gasteiger partial charge on any atom is 0.310 e. The van der Waals surface area contributed by atoms with Crippen LogP contribution in [-0.4, -0.2) is 45.8 Å². The summed E-state index contributed by atoms with van der Waals surface area (Å²) in [5, 5.41) is 0. The molecule has 1 fully saturated rings. The van der Waals surface area contributed by atoms with Crippen LogP contribution in [0.15, 0.2) is 58.3 Å². The van der Waals surface area contributed by atoms with Crippen molar-refractivity contribution in [2.24, 2.45) is 11.8 Å². The van der Waals surface area contributed by atoms with Crippen molar-refractivity contribution < 1.29 is 32.6 Å². The van der Waals surface area contributed by atoms with Crippen LogP contribution in [0.2, 0.25) is 0 Å². The Labute approximate surface area is 185 Å². The van der Waals surface area contributed by atoms with E-state index < -0.39 is 25.0 Å². The van der Waals surface area contributed by atoms with Crippen molar-refractivity contribution in [3.63, 3.8) is 0 Å². The maximum absolute atomic E-state index is 13.0. The van der Waals surface area contributed by atoms with E-state index in [1.807, 2.05) is 0 Å². The quantitative estimate of drug-likeness (QED) is 0.422. The molecule has 0 N–H and O–H groups in total. The fourth-order valence-electron chi connectivity index (χ4n) is 3.76. The average Bonchev–Trinajstić information content (AvgIpc) is 3.02. The third-order valence-electron chi connectivity index (χ3n) is 5.62. The Morgan fingerprint density at radius 2 is 1.69 bits per heavy atom. The average molecular weight is 500 g/mol. The first-order valence-electron chi connectivity index (χ1n) is 9.99. The van der Waals surface area contributed by atoms with E-state index in [0.717, 1.165) is 18.9 Å². The Morgan fingerprint density at radius 3 is 2.28 bits per heavy atom. The monoisotopic (exact) mass is 499 g/mol. The highest BCUT2D eigenvalue weighted by atomic mass is 32.5. The molecule has 3 rings (SSSR count). The lowest BCUT2D eigenvalue weighted by molar-refractivity contribution is 0.225. The number of benzene rings is 2. The summed E-state index contributed by atoms with van der Waals surface area (Å²) in [5.74, 6) is 1.01. The molecule has 0 unspecified atom stereocenters. The van der Waals surface area contributed by atoms with Crippen LogP contribution in [-0.2, 0) is 16.3 Å². The van der Waals surface area contributed by atoms with Crippen molar-refractivity contribution in [3.05, 3.63) is 54.1 Å². The lowest BCUT2D eigenvalue weighted by Gasteiger charge is -2.40. The molecule has 2 atom stereocenters. The Bertz CT molecular complexity index is 1070. The second-order valence-corrected chi connectivity index (χ2v) is 12.8. The van der Waals surface area contributed by atoms with Gasteiger partial charge in [-0.05, 0) is 54.3 Å². The fraction of sp³-hybridized carbons (Fsp3) is 0.429. The van der Waals surface area contributed by atoms with Gasteiger partial charge in [-0.1, -0.05) is 38.5 Å². The summed E-state index contributed by atoms with van der Waals surface area (Å²) >= 11 is 0. The number of hydrogen-bond donors (Lipinski definition) is 0. The molecule has 1 aliphatic rings. The summed E-state index contributed by atoms with van der Waals surface area (Å²) in [4.78, 5) is 0.433. The van der Waals surface area contributed by atoms with Gasteiger partial charge in [0, 0.05) is 31.8 Å². The van der Waals surface area contributed by atoms with E-state index in [0.29, 0.717) is 37.6 Å². The maximum atomic E-state index is 13.0. The molecule has 180 valence electrons. The van der Waals surface area contributed by atoms with Gasteiger partial charge in [0.15, 0.2) is 9.84 Å². The molecule has 1 saturated heterocycles. The Hall–Kier alpha value is -1.85. The number of likely N-dealkylation sites (tertiary alicyclic amines) is 1. The van der Waals surface area contributed by atoms with Crippen LogP contribution < -0.4 is 4.74 Å². The molecule has 1 heterocycles. The van der Waals surface area contributed by atoms with Crippen LogP contribution in [0.25, 0.3) is 0 Å². The molecular formula is C21H26F5NO3S2. The molecule has 0 aromatic heterocycles. The van der Waals surface area contributed by atoms with Crippen molar-refractivity contribution in [3.8, 4) is 5.75 Å². The van der Waals surface area contributed by atoms with E-state index in [1.165, 1.54) is 18.2 Å². The summed E-state index contributed by atoms with van der Waals surface area (Å²) in [6, 6.07) is 9.55. The topological polar surface area (TPSA) is 46.6 Å². The minimum atomic E-state index is -9.68. The molecule has 0 saturated carbocycles. The Morgan fingerprint density at radius 1 is 1.03 bits per heavy atom. The van der Waals surface area contributed by atoms with Crippen LogP contribution in [0.3, 0.4) is 0 Å². The first-order chi connectivity index (χ1) is 14.5. The summed E-state index contributed by atoms with van der Waals surface area (Å²) in [6.07, 6.45) is 1.36. The molecule has 4 nitrogen and oxygen atoms in total. The summed E-state index contributed by atoms with van der Waals surface area (Å²) in [6.45, 7) is 4.31. The molecule has 1 aliphatic heterocycles. The summed E-state index contributed by atoms with van der Waals surface area (Å²) in [7, 11) is -13.0. The zero-order valence-corrected chi connectivity index (χ0v) is 19.3. The zero-order valence-electron chi connectivity index (χ0n) is 17.7. The zero-order chi connectivity index (χ0) is 23.8. The van der Waals surface area contributed by atoms with E-state index in [4.69, 9.17) is 4.74 Å². The fourth-order valence-corrected chi connectivity index (χ4v) is 5.10. The second-order valence-electron chi connectivity index (χ2n) is 8.42. The first kappa shape index (κ1) is 24.8. The second kappa shape index (κ2) is 7.88. The van der Waals surface area contributed by atoms with Crippen LogP contribution in [0.5, 0.6) is 5.75 Å². The van der Waals surface area contributed by atoms with Crippen molar-refractivity contribution in [1.82, 2.24) is 4.90 Å². The Balaban J connectivity index is 1.54. The number of hydrogen-bond acceptors (Lipinski definition) is 4. The van der Waals surface area contributed by atoms with Crippen LogP contribution in [0, 0.1) is 11.8 Å². The van der Waals surface area contributed by atoms with Gasteiger partial charge in [-0.3, -0.25) is 0 Å². The van der Waals surface area contributed by atoms with Crippen molar-refractivity contribution in [2.75, 3.05) is 32.5 Å².